The molecule has 0 aliphatic carbocycles. The first-order valence-corrected chi connectivity index (χ1v) is 10.8. The smallest absolute Gasteiger partial charge is 0.329 e. The predicted molar refractivity (Wildman–Crippen MR) is 123 cm³/mol. The molecule has 0 spiro atoms. The number of carbonyl (C=O) groups excluding carboxylic acids is 3. The van der Waals surface area contributed by atoms with Gasteiger partial charge in [0.15, 0.2) is 6.61 Å². The number of nitrogens with zero attached hydrogens (tertiary/aromatic N) is 1. The van der Waals surface area contributed by atoms with Crippen LogP contribution in [-0.2, 0) is 20.7 Å². The molecule has 2 N–H and O–H groups in total. The van der Waals surface area contributed by atoms with Crippen molar-refractivity contribution in [1.82, 2.24) is 10.6 Å². The molecule has 2 aromatic carbocycles. The van der Waals surface area contributed by atoms with E-state index < -0.39 is 41.0 Å². The van der Waals surface area contributed by atoms with Crippen LogP contribution in [0, 0.1) is 16.0 Å². The predicted octanol–water partition coefficient (Wildman–Crippen LogP) is 3.29. The van der Waals surface area contributed by atoms with Crippen LogP contribution >= 0.6 is 11.6 Å². The van der Waals surface area contributed by atoms with E-state index in [9.17, 15) is 24.5 Å². The van der Waals surface area contributed by atoms with Crippen LogP contribution in [0.4, 0.5) is 5.69 Å². The Balaban J connectivity index is 1.84. The molecule has 176 valence electrons. The molecule has 2 amide bonds. The molecule has 33 heavy (non-hydrogen) atoms. The number of aryl methyl sites for hydroxylation is 1. The van der Waals surface area contributed by atoms with Gasteiger partial charge in [-0.25, -0.2) is 4.79 Å². The van der Waals surface area contributed by atoms with Crippen molar-refractivity contribution in [3.8, 4) is 0 Å². The second-order valence-corrected chi connectivity index (χ2v) is 8.07. The lowest BCUT2D eigenvalue weighted by molar-refractivity contribution is -0.384. The van der Waals surface area contributed by atoms with E-state index in [0.717, 1.165) is 18.9 Å². The van der Waals surface area contributed by atoms with Gasteiger partial charge in [0.25, 0.3) is 17.5 Å². The number of hydrogen-bond acceptors (Lipinski definition) is 6. The van der Waals surface area contributed by atoms with Crippen molar-refractivity contribution in [3.63, 3.8) is 0 Å². The van der Waals surface area contributed by atoms with E-state index in [0.29, 0.717) is 6.54 Å². The van der Waals surface area contributed by atoms with Crippen molar-refractivity contribution in [1.29, 1.82) is 0 Å². The van der Waals surface area contributed by atoms with Crippen molar-refractivity contribution in [2.75, 3.05) is 13.2 Å². The fourth-order valence-electron chi connectivity index (χ4n) is 2.96. The summed E-state index contributed by atoms with van der Waals surface area (Å²) < 4.78 is 5.07. The highest BCUT2D eigenvalue weighted by molar-refractivity contribution is 6.32. The van der Waals surface area contributed by atoms with Gasteiger partial charge < -0.3 is 15.4 Å². The Morgan fingerprint density at radius 1 is 1.12 bits per heavy atom. The minimum Gasteiger partial charge on any atom is -0.454 e. The van der Waals surface area contributed by atoms with Crippen LogP contribution in [0.2, 0.25) is 5.02 Å². The Morgan fingerprint density at radius 2 is 1.82 bits per heavy atom. The lowest BCUT2D eigenvalue weighted by Gasteiger charge is -2.20. The highest BCUT2D eigenvalue weighted by atomic mass is 35.5. The number of nitro groups is 1. The van der Waals surface area contributed by atoms with E-state index >= 15 is 0 Å². The summed E-state index contributed by atoms with van der Waals surface area (Å²) in [7, 11) is 0. The van der Waals surface area contributed by atoms with Gasteiger partial charge in [0.05, 0.1) is 4.92 Å². The Labute approximate surface area is 196 Å². The molecule has 0 aliphatic heterocycles. The maximum Gasteiger partial charge on any atom is 0.329 e. The van der Waals surface area contributed by atoms with Crippen LogP contribution in [0.3, 0.4) is 0 Å². The van der Waals surface area contributed by atoms with Gasteiger partial charge in [0.1, 0.15) is 11.1 Å². The van der Waals surface area contributed by atoms with E-state index in [4.69, 9.17) is 16.3 Å². The zero-order valence-corrected chi connectivity index (χ0v) is 19.1. The molecule has 0 fully saturated rings. The maximum absolute atomic E-state index is 12.5. The second kappa shape index (κ2) is 12.5. The van der Waals surface area contributed by atoms with Crippen LogP contribution in [0.15, 0.2) is 48.5 Å². The molecule has 0 heterocycles. The van der Waals surface area contributed by atoms with E-state index in [1.54, 1.807) is 13.8 Å². The van der Waals surface area contributed by atoms with Crippen molar-refractivity contribution in [2.45, 2.75) is 32.7 Å². The molecular formula is C23H26ClN3O6. The van der Waals surface area contributed by atoms with Gasteiger partial charge in [-0.1, -0.05) is 55.8 Å². The van der Waals surface area contributed by atoms with Gasteiger partial charge in [0.2, 0.25) is 0 Å². The third-order valence-corrected chi connectivity index (χ3v) is 5.08. The number of rotatable bonds is 11. The average Bonchev–Trinajstić information content (AvgIpc) is 2.79. The second-order valence-electron chi connectivity index (χ2n) is 7.67. The summed E-state index contributed by atoms with van der Waals surface area (Å²) in [6, 6.07) is 12.4. The molecule has 0 saturated heterocycles. The van der Waals surface area contributed by atoms with Gasteiger partial charge in [-0.15, -0.1) is 0 Å². The summed E-state index contributed by atoms with van der Waals surface area (Å²) in [5.74, 6) is -2.27. The summed E-state index contributed by atoms with van der Waals surface area (Å²) in [5.41, 5.74) is 0.720. The lowest BCUT2D eigenvalue weighted by Crippen LogP contribution is -2.46. The molecule has 1 atom stereocenters. The first-order valence-electron chi connectivity index (χ1n) is 10.4. The number of esters is 1. The Hall–Kier alpha value is -3.46. The maximum atomic E-state index is 12.5. The number of amides is 2. The van der Waals surface area contributed by atoms with Gasteiger partial charge >= 0.3 is 5.97 Å². The zero-order valence-electron chi connectivity index (χ0n) is 18.4. The van der Waals surface area contributed by atoms with Crippen LogP contribution in [0.1, 0.15) is 36.2 Å². The first-order chi connectivity index (χ1) is 15.7. The number of ether oxygens (including phenoxy) is 1. The van der Waals surface area contributed by atoms with E-state index in [1.807, 2.05) is 30.3 Å². The monoisotopic (exact) mass is 475 g/mol. The Morgan fingerprint density at radius 3 is 2.45 bits per heavy atom. The quantitative estimate of drug-likeness (QED) is 0.222. The number of hydrogen-bond donors (Lipinski definition) is 2. The number of nitrogens with one attached hydrogen (secondary N) is 2. The van der Waals surface area contributed by atoms with Crippen molar-refractivity contribution in [2.24, 2.45) is 5.92 Å². The minimum absolute atomic E-state index is 0.0271. The third-order valence-electron chi connectivity index (χ3n) is 4.76. The van der Waals surface area contributed by atoms with E-state index in [2.05, 4.69) is 10.6 Å². The van der Waals surface area contributed by atoms with Crippen LogP contribution in [0.25, 0.3) is 0 Å². The number of carbonyl (C=O) groups is 3. The molecule has 2 aromatic rings. The number of benzene rings is 2. The molecule has 2 rings (SSSR count). The van der Waals surface area contributed by atoms with Gasteiger partial charge in [-0.05, 0) is 36.5 Å². The van der Waals surface area contributed by atoms with Crippen LogP contribution in [-0.4, -0.2) is 41.9 Å². The van der Waals surface area contributed by atoms with Gasteiger partial charge in [-0.2, -0.15) is 0 Å². The molecular weight excluding hydrogens is 450 g/mol. The molecule has 0 radical (unpaired) electrons. The largest absolute Gasteiger partial charge is 0.454 e. The highest BCUT2D eigenvalue weighted by Crippen LogP contribution is 2.25. The van der Waals surface area contributed by atoms with Crippen molar-refractivity contribution >= 4 is 35.1 Å². The third kappa shape index (κ3) is 8.19. The van der Waals surface area contributed by atoms with Crippen LogP contribution < -0.4 is 10.6 Å². The summed E-state index contributed by atoms with van der Waals surface area (Å²) in [6.45, 7) is 3.35. The normalized spacial score (nSPS) is 11.5. The standard InChI is InChI=1S/C23H26ClN3O6/c1-15(2)21(26-22(29)17-10-11-18(24)19(13-17)27(31)32)23(30)33-14-20(28)25-12-6-9-16-7-4-3-5-8-16/h3-5,7-8,10-11,13,15,21H,6,9,12,14H2,1-2H3,(H,25,28)(H,26,29). The topological polar surface area (TPSA) is 128 Å². The fraction of sp³-hybridized carbons (Fsp3) is 0.348. The SMILES string of the molecule is CC(C)C(NC(=O)c1ccc(Cl)c([N+](=O)[O-])c1)C(=O)OCC(=O)NCCCc1ccccc1. The lowest BCUT2D eigenvalue weighted by atomic mass is 10.0. The Kier molecular flexibility index (Phi) is 9.81. The van der Waals surface area contributed by atoms with Gasteiger partial charge in [0, 0.05) is 18.2 Å². The molecule has 9 nitrogen and oxygen atoms in total. The van der Waals surface area contributed by atoms with Gasteiger partial charge in [-0.3, -0.25) is 19.7 Å². The zero-order chi connectivity index (χ0) is 24.4. The molecule has 0 saturated carbocycles. The summed E-state index contributed by atoms with van der Waals surface area (Å²) in [5, 5.41) is 16.1. The number of halogens is 1. The van der Waals surface area contributed by atoms with E-state index in [1.165, 1.54) is 17.7 Å². The summed E-state index contributed by atoms with van der Waals surface area (Å²) in [4.78, 5) is 47.3. The summed E-state index contributed by atoms with van der Waals surface area (Å²) >= 11 is 5.76. The Bertz CT molecular complexity index is 997. The minimum atomic E-state index is -1.04. The highest BCUT2D eigenvalue weighted by Gasteiger charge is 2.27. The number of nitro benzene ring substituents is 1. The molecule has 0 bridgehead atoms. The van der Waals surface area contributed by atoms with Crippen molar-refractivity contribution in [3.05, 3.63) is 74.8 Å². The molecule has 0 aromatic heterocycles. The van der Waals surface area contributed by atoms with Crippen LogP contribution in [0.5, 0.6) is 0 Å². The molecule has 1 unspecified atom stereocenters. The summed E-state index contributed by atoms with van der Waals surface area (Å²) in [6.07, 6.45) is 1.55. The molecule has 10 heteroatoms. The fourth-order valence-corrected chi connectivity index (χ4v) is 3.15. The van der Waals surface area contributed by atoms with Crippen molar-refractivity contribution < 1.29 is 24.0 Å². The average molecular weight is 476 g/mol. The first kappa shape index (κ1) is 25.8. The molecule has 0 aliphatic rings. The van der Waals surface area contributed by atoms with E-state index in [-0.39, 0.29) is 16.5 Å².